The number of β-amino-alcohol motifs (C(OH)–C–C–N with tert-alkyl or cyclic N) is 1. The number of aryl methyl sites for hydroxylation is 1. The van der Waals surface area contributed by atoms with E-state index in [1.165, 1.54) is 17.3 Å². The van der Waals surface area contributed by atoms with Crippen molar-refractivity contribution >= 4 is 35.2 Å². The van der Waals surface area contributed by atoms with Gasteiger partial charge >= 0.3 is 6.09 Å². The smallest absolute Gasteiger partial charge is 0.391 e. The molecule has 0 radical (unpaired) electrons. The van der Waals surface area contributed by atoms with Gasteiger partial charge < -0.3 is 35.6 Å². The van der Waals surface area contributed by atoms with Gasteiger partial charge in [-0.05, 0) is 30.4 Å². The third-order valence-electron chi connectivity index (χ3n) is 8.46. The fourth-order valence-electron chi connectivity index (χ4n) is 5.71. The van der Waals surface area contributed by atoms with Crippen LogP contribution in [0.15, 0.2) is 42.2 Å². The normalized spacial score (nSPS) is 19.4. The van der Waals surface area contributed by atoms with Crippen molar-refractivity contribution in [3.63, 3.8) is 0 Å². The molecule has 0 unspecified atom stereocenters. The fraction of sp³-hybridized carbons (Fsp3) is 0.485. The van der Waals surface area contributed by atoms with Crippen LogP contribution in [0.4, 0.5) is 4.79 Å². The lowest BCUT2D eigenvalue weighted by Crippen LogP contribution is -2.58. The third-order valence-corrected chi connectivity index (χ3v) is 9.44. The molecule has 4 amide bonds. The fourth-order valence-corrected chi connectivity index (χ4v) is 6.52. The first-order valence-electron chi connectivity index (χ1n) is 15.9. The number of thiazole rings is 1. The molecule has 4 atom stereocenters. The monoisotopic (exact) mass is 678 g/mol. The van der Waals surface area contributed by atoms with Crippen molar-refractivity contribution in [2.24, 2.45) is 5.41 Å². The molecule has 0 spiro atoms. The predicted molar refractivity (Wildman–Crippen MR) is 178 cm³/mol. The molecule has 2 aliphatic rings. The summed E-state index contributed by atoms with van der Waals surface area (Å²) >= 11 is 1.57. The van der Waals surface area contributed by atoms with Gasteiger partial charge in [-0.3, -0.25) is 14.4 Å². The van der Waals surface area contributed by atoms with E-state index in [9.17, 15) is 24.3 Å². The Labute approximate surface area is 283 Å². The van der Waals surface area contributed by atoms with Gasteiger partial charge in [0.15, 0.2) is 0 Å². The number of amides is 4. The van der Waals surface area contributed by atoms with E-state index < -0.39 is 47.4 Å². The van der Waals surface area contributed by atoms with E-state index in [2.05, 4.69) is 30.9 Å². The highest BCUT2D eigenvalue weighted by Crippen LogP contribution is 2.29. The highest BCUT2D eigenvalue weighted by atomic mass is 32.1. The van der Waals surface area contributed by atoms with Crippen LogP contribution in [0, 0.1) is 12.3 Å². The van der Waals surface area contributed by atoms with Gasteiger partial charge in [-0.25, -0.2) is 19.7 Å². The second-order valence-corrected chi connectivity index (χ2v) is 14.0. The van der Waals surface area contributed by atoms with Crippen molar-refractivity contribution in [3.8, 4) is 16.3 Å². The molecule has 256 valence electrons. The van der Waals surface area contributed by atoms with Crippen molar-refractivity contribution in [2.45, 2.75) is 65.3 Å². The predicted octanol–water partition coefficient (Wildman–Crippen LogP) is 2.30. The average molecular weight is 679 g/mol. The number of likely N-dealkylation sites (tertiary alicyclic amines) is 1. The van der Waals surface area contributed by atoms with E-state index in [4.69, 9.17) is 4.74 Å². The maximum Gasteiger partial charge on any atom is 0.416 e. The zero-order valence-electron chi connectivity index (χ0n) is 27.7. The first-order valence-corrected chi connectivity index (χ1v) is 16.8. The van der Waals surface area contributed by atoms with Crippen LogP contribution in [0.25, 0.3) is 10.4 Å². The van der Waals surface area contributed by atoms with Crippen LogP contribution >= 0.6 is 11.3 Å². The van der Waals surface area contributed by atoms with Crippen LogP contribution in [-0.4, -0.2) is 105 Å². The molecule has 0 bridgehead atoms. The minimum Gasteiger partial charge on any atom is -0.391 e. The number of carbonyl (C=O) groups is 4. The highest BCUT2D eigenvalue weighted by Gasteiger charge is 2.45. The topological polar surface area (TPSA) is 179 Å². The number of hydrogen-bond acceptors (Lipinski definition) is 11. The lowest BCUT2D eigenvalue weighted by molar-refractivity contribution is -0.142. The number of aliphatic hydroxyl groups is 1. The molecular formula is C33H42N8O6S. The van der Waals surface area contributed by atoms with Crippen molar-refractivity contribution in [2.75, 3.05) is 32.7 Å². The number of rotatable bonds is 8. The number of carbonyl (C=O) groups excluding carboxylic acids is 4. The highest BCUT2D eigenvalue weighted by molar-refractivity contribution is 7.13. The Bertz CT molecular complexity index is 1620. The second kappa shape index (κ2) is 14.7. The van der Waals surface area contributed by atoms with Crippen LogP contribution in [0.3, 0.4) is 0 Å². The number of aromatic nitrogens is 3. The third kappa shape index (κ3) is 8.14. The van der Waals surface area contributed by atoms with Crippen LogP contribution in [0.1, 0.15) is 61.9 Å². The van der Waals surface area contributed by atoms with Gasteiger partial charge in [0.05, 0.1) is 40.6 Å². The molecule has 0 aliphatic carbocycles. The molecule has 2 aliphatic heterocycles. The molecule has 15 heteroatoms. The lowest BCUT2D eigenvalue weighted by atomic mass is 9.85. The number of nitrogens with zero attached hydrogens (tertiary/aromatic N) is 5. The molecule has 4 heterocycles. The summed E-state index contributed by atoms with van der Waals surface area (Å²) in [5.74, 6) is -1.62. The number of ether oxygens (including phenoxy) is 1. The summed E-state index contributed by atoms with van der Waals surface area (Å²) in [7, 11) is 0. The van der Waals surface area contributed by atoms with Gasteiger partial charge in [-0.15, -0.1) is 11.3 Å². The summed E-state index contributed by atoms with van der Waals surface area (Å²) in [5.41, 5.74) is 3.84. The molecule has 1 aromatic carbocycles. The summed E-state index contributed by atoms with van der Waals surface area (Å²) in [6, 6.07) is 5.52. The van der Waals surface area contributed by atoms with E-state index >= 15 is 0 Å². The first kappa shape index (κ1) is 34.9. The molecule has 48 heavy (non-hydrogen) atoms. The SMILES string of the molecule is Cc1ncsc1-c1ccc([C@H](C)NC(=O)[C@@H]2C[C@@H](O)CN2C(=O)[C@@H](NC(=O)c2cnc(OC(=O)N3CCNCC3)cn2)C(C)(C)C)cc1. The van der Waals surface area contributed by atoms with Crippen LogP contribution in [0.5, 0.6) is 5.88 Å². The Morgan fingerprint density at radius 1 is 1.04 bits per heavy atom. The Hall–Kier alpha value is -4.47. The molecule has 3 aromatic rings. The molecule has 5 rings (SSSR count). The molecular weight excluding hydrogens is 636 g/mol. The van der Waals surface area contributed by atoms with Gasteiger partial charge in [-0.1, -0.05) is 45.0 Å². The van der Waals surface area contributed by atoms with E-state index in [1.807, 2.05) is 38.1 Å². The lowest BCUT2D eigenvalue weighted by Gasteiger charge is -2.35. The zero-order valence-corrected chi connectivity index (χ0v) is 28.5. The maximum atomic E-state index is 14.0. The Kier molecular flexibility index (Phi) is 10.7. The Morgan fingerprint density at radius 2 is 1.75 bits per heavy atom. The number of hydrogen-bond donors (Lipinski definition) is 4. The summed E-state index contributed by atoms with van der Waals surface area (Å²) in [6.45, 7) is 11.5. The molecule has 0 saturated carbocycles. The van der Waals surface area contributed by atoms with Gasteiger partial charge in [0, 0.05) is 39.1 Å². The summed E-state index contributed by atoms with van der Waals surface area (Å²) < 4.78 is 5.28. The van der Waals surface area contributed by atoms with Gasteiger partial charge in [-0.2, -0.15) is 0 Å². The molecule has 14 nitrogen and oxygen atoms in total. The molecule has 2 fully saturated rings. The number of benzene rings is 1. The standard InChI is InChI=1S/C33H42N8O6S/c1-19(21-6-8-22(9-7-21)27-20(2)37-18-48-27)38-30(44)25-14-23(42)17-41(25)31(45)28(33(3,4)5)39-29(43)24-15-36-26(16-35-24)47-32(46)40-12-10-34-11-13-40/h6-9,15-16,18-19,23,25,28,34,42H,10-14,17H2,1-5H3,(H,38,44)(H,39,43)/t19-,23+,25-,28+/m0/s1. The van der Waals surface area contributed by atoms with Gasteiger partial charge in [0.2, 0.25) is 17.7 Å². The minimum absolute atomic E-state index is 0.0520. The van der Waals surface area contributed by atoms with Crippen LogP contribution < -0.4 is 20.7 Å². The molecule has 4 N–H and O–H groups in total. The maximum absolute atomic E-state index is 14.0. The minimum atomic E-state index is -1.06. The first-order chi connectivity index (χ1) is 22.8. The van der Waals surface area contributed by atoms with Crippen LogP contribution in [0.2, 0.25) is 0 Å². The number of aliphatic hydroxyl groups excluding tert-OH is 1. The summed E-state index contributed by atoms with van der Waals surface area (Å²) in [5, 5.41) is 19.4. The van der Waals surface area contributed by atoms with Crippen molar-refractivity contribution in [3.05, 3.63) is 59.1 Å². The van der Waals surface area contributed by atoms with E-state index in [-0.39, 0.29) is 30.6 Å². The number of piperazine rings is 1. The van der Waals surface area contributed by atoms with Crippen molar-refractivity contribution in [1.29, 1.82) is 0 Å². The average Bonchev–Trinajstić information content (AvgIpc) is 3.68. The number of nitrogens with one attached hydrogen (secondary N) is 3. The van der Waals surface area contributed by atoms with Crippen LogP contribution in [-0.2, 0) is 9.59 Å². The van der Waals surface area contributed by atoms with Crippen molar-refractivity contribution < 1.29 is 29.0 Å². The molecule has 2 aromatic heterocycles. The van der Waals surface area contributed by atoms with Gasteiger partial charge in [0.25, 0.3) is 5.91 Å². The quantitative estimate of drug-likeness (QED) is 0.276. The Morgan fingerprint density at radius 3 is 2.35 bits per heavy atom. The van der Waals surface area contributed by atoms with Gasteiger partial charge in [0.1, 0.15) is 17.8 Å². The molecule has 2 saturated heterocycles. The zero-order chi connectivity index (χ0) is 34.6. The van der Waals surface area contributed by atoms with E-state index in [0.717, 1.165) is 21.7 Å². The summed E-state index contributed by atoms with van der Waals surface area (Å²) in [4.78, 5) is 69.6. The Balaban J connectivity index is 1.23. The largest absolute Gasteiger partial charge is 0.416 e. The van der Waals surface area contributed by atoms with E-state index in [0.29, 0.717) is 26.2 Å². The van der Waals surface area contributed by atoms with Crippen molar-refractivity contribution in [1.82, 2.24) is 40.7 Å². The second-order valence-electron chi connectivity index (χ2n) is 13.1. The summed E-state index contributed by atoms with van der Waals surface area (Å²) in [6.07, 6.45) is 0.957. The van der Waals surface area contributed by atoms with E-state index in [1.54, 1.807) is 42.5 Å².